The predicted molar refractivity (Wildman–Crippen MR) is 90.7 cm³/mol. The molecule has 2 aliphatic rings. The molecule has 3 heteroatoms. The second-order valence-electron chi connectivity index (χ2n) is 5.65. The van der Waals surface area contributed by atoms with Gasteiger partial charge in [-0.05, 0) is 42.8 Å². The summed E-state index contributed by atoms with van der Waals surface area (Å²) in [7, 11) is 0. The van der Waals surface area contributed by atoms with Gasteiger partial charge in [-0.1, -0.05) is 24.3 Å². The SMILES string of the molecule is CCN1C(C)=NC=C2c3ccccc3-c3c(C)csc3C21. The van der Waals surface area contributed by atoms with Crippen LogP contribution >= 0.6 is 11.3 Å². The molecule has 2 aromatic rings. The number of aliphatic imine (C=N–C) groups is 1. The lowest BCUT2D eigenvalue weighted by Crippen LogP contribution is -2.36. The van der Waals surface area contributed by atoms with E-state index in [1.165, 1.54) is 32.7 Å². The van der Waals surface area contributed by atoms with E-state index in [-0.39, 0.29) is 0 Å². The Balaban J connectivity index is 2.05. The molecule has 4 rings (SSSR count). The first kappa shape index (κ1) is 12.8. The van der Waals surface area contributed by atoms with Gasteiger partial charge in [-0.3, -0.25) is 0 Å². The summed E-state index contributed by atoms with van der Waals surface area (Å²) >= 11 is 1.88. The van der Waals surface area contributed by atoms with Gasteiger partial charge in [0.15, 0.2) is 0 Å². The molecule has 1 aromatic carbocycles. The van der Waals surface area contributed by atoms with Crippen molar-refractivity contribution in [3.8, 4) is 11.1 Å². The molecule has 2 nitrogen and oxygen atoms in total. The number of hydrogen-bond donors (Lipinski definition) is 0. The van der Waals surface area contributed by atoms with Gasteiger partial charge in [0.1, 0.15) is 5.84 Å². The Bertz CT molecular complexity index is 782. The third kappa shape index (κ3) is 1.67. The van der Waals surface area contributed by atoms with Gasteiger partial charge in [0, 0.05) is 28.8 Å². The Kier molecular flexibility index (Phi) is 2.79. The highest BCUT2D eigenvalue weighted by molar-refractivity contribution is 7.10. The van der Waals surface area contributed by atoms with Crippen LogP contribution in [0.2, 0.25) is 0 Å². The number of aryl methyl sites for hydroxylation is 1. The third-order valence-electron chi connectivity index (χ3n) is 4.51. The highest BCUT2D eigenvalue weighted by atomic mass is 32.1. The van der Waals surface area contributed by atoms with Crippen LogP contribution in [0.3, 0.4) is 0 Å². The number of rotatable bonds is 1. The fourth-order valence-electron chi connectivity index (χ4n) is 3.54. The molecule has 21 heavy (non-hydrogen) atoms. The summed E-state index contributed by atoms with van der Waals surface area (Å²) in [5.74, 6) is 1.11. The minimum Gasteiger partial charge on any atom is -0.349 e. The molecule has 1 unspecified atom stereocenters. The van der Waals surface area contributed by atoms with E-state index in [0.717, 1.165) is 12.4 Å². The smallest absolute Gasteiger partial charge is 0.102 e. The molecule has 0 bridgehead atoms. The predicted octanol–water partition coefficient (Wildman–Crippen LogP) is 4.87. The molecule has 1 aliphatic heterocycles. The highest BCUT2D eigenvalue weighted by Crippen LogP contribution is 2.52. The monoisotopic (exact) mass is 294 g/mol. The van der Waals surface area contributed by atoms with Crippen LogP contribution in [0.4, 0.5) is 0 Å². The Morgan fingerprint density at radius 3 is 2.71 bits per heavy atom. The number of amidine groups is 1. The lowest BCUT2D eigenvalue weighted by molar-refractivity contribution is 0.389. The molecule has 106 valence electrons. The molecule has 1 aromatic heterocycles. The van der Waals surface area contributed by atoms with Gasteiger partial charge in [0.05, 0.1) is 6.04 Å². The van der Waals surface area contributed by atoms with Crippen LogP contribution in [0.5, 0.6) is 0 Å². The number of benzene rings is 1. The molecule has 0 saturated carbocycles. The molecular weight excluding hydrogens is 276 g/mol. The molecular formula is C18H18N2S. The van der Waals surface area contributed by atoms with E-state index < -0.39 is 0 Å². The molecule has 0 spiro atoms. The maximum absolute atomic E-state index is 4.63. The zero-order valence-electron chi connectivity index (χ0n) is 12.6. The average molecular weight is 294 g/mol. The van der Waals surface area contributed by atoms with Gasteiger partial charge in [0.2, 0.25) is 0 Å². The largest absolute Gasteiger partial charge is 0.349 e. The van der Waals surface area contributed by atoms with Gasteiger partial charge in [-0.15, -0.1) is 11.3 Å². The Labute approximate surface area is 129 Å². The summed E-state index contributed by atoms with van der Waals surface area (Å²) in [5.41, 5.74) is 6.86. The van der Waals surface area contributed by atoms with E-state index in [2.05, 4.69) is 66.5 Å². The van der Waals surface area contributed by atoms with Gasteiger partial charge in [0.25, 0.3) is 0 Å². The summed E-state index contributed by atoms with van der Waals surface area (Å²) in [5, 5.41) is 2.29. The van der Waals surface area contributed by atoms with Crippen molar-refractivity contribution in [2.45, 2.75) is 26.8 Å². The number of fused-ring (bicyclic) bond motifs is 6. The van der Waals surface area contributed by atoms with E-state index in [1.807, 2.05) is 11.3 Å². The van der Waals surface area contributed by atoms with Crippen LogP contribution in [-0.2, 0) is 0 Å². The summed E-state index contributed by atoms with van der Waals surface area (Å²) in [6.07, 6.45) is 2.07. The molecule has 0 fully saturated rings. The molecule has 0 N–H and O–H groups in total. The van der Waals surface area contributed by atoms with Crippen LogP contribution in [0.1, 0.15) is 35.9 Å². The van der Waals surface area contributed by atoms with Crippen LogP contribution in [0.25, 0.3) is 16.7 Å². The van der Waals surface area contributed by atoms with Crippen molar-refractivity contribution in [2.24, 2.45) is 4.99 Å². The van der Waals surface area contributed by atoms with Crippen LogP contribution in [-0.4, -0.2) is 17.3 Å². The fourth-order valence-corrected chi connectivity index (χ4v) is 4.73. The highest BCUT2D eigenvalue weighted by Gasteiger charge is 2.36. The average Bonchev–Trinajstić information content (AvgIpc) is 2.89. The number of nitrogens with zero attached hydrogens (tertiary/aromatic N) is 2. The lowest BCUT2D eigenvalue weighted by Gasteiger charge is -2.39. The standard InChI is InChI=1S/C18H18N2S/c1-4-20-12(3)19-9-15-13-7-5-6-8-14(13)16-11(2)10-21-18(16)17(15)20/h5-10,17H,4H2,1-3H3. The van der Waals surface area contributed by atoms with Crippen molar-refractivity contribution in [2.75, 3.05) is 6.54 Å². The maximum atomic E-state index is 4.63. The van der Waals surface area contributed by atoms with E-state index in [4.69, 9.17) is 0 Å². The van der Waals surface area contributed by atoms with E-state index in [1.54, 1.807) is 0 Å². The Morgan fingerprint density at radius 1 is 1.19 bits per heavy atom. The first-order valence-corrected chi connectivity index (χ1v) is 8.29. The second-order valence-corrected chi connectivity index (χ2v) is 6.56. The van der Waals surface area contributed by atoms with E-state index in [0.29, 0.717) is 6.04 Å². The molecule has 2 heterocycles. The van der Waals surface area contributed by atoms with Gasteiger partial charge in [-0.25, -0.2) is 4.99 Å². The number of hydrogen-bond acceptors (Lipinski definition) is 3. The number of likely N-dealkylation sites (N-methyl/N-ethyl adjacent to an activating group) is 1. The zero-order chi connectivity index (χ0) is 14.6. The molecule has 1 atom stereocenters. The molecule has 0 amide bonds. The molecule has 0 saturated heterocycles. The summed E-state index contributed by atoms with van der Waals surface area (Å²) in [6.45, 7) is 7.52. The second kappa shape index (κ2) is 4.57. The minimum atomic E-state index is 0.330. The molecule has 1 aliphatic carbocycles. The first-order valence-electron chi connectivity index (χ1n) is 7.41. The van der Waals surface area contributed by atoms with E-state index >= 15 is 0 Å². The van der Waals surface area contributed by atoms with Crippen molar-refractivity contribution in [1.29, 1.82) is 0 Å². The normalized spacial score (nSPS) is 19.4. The van der Waals surface area contributed by atoms with Gasteiger partial charge in [-0.2, -0.15) is 0 Å². The zero-order valence-corrected chi connectivity index (χ0v) is 13.4. The quantitative estimate of drug-likeness (QED) is 0.732. The van der Waals surface area contributed by atoms with Crippen molar-refractivity contribution >= 4 is 22.7 Å². The summed E-state index contributed by atoms with van der Waals surface area (Å²) < 4.78 is 0. The van der Waals surface area contributed by atoms with Crippen LogP contribution in [0, 0.1) is 6.92 Å². The van der Waals surface area contributed by atoms with Crippen molar-refractivity contribution in [3.63, 3.8) is 0 Å². The Hall–Kier alpha value is -1.87. The summed E-state index contributed by atoms with van der Waals surface area (Å²) in [6, 6.07) is 9.07. The fraction of sp³-hybridized carbons (Fsp3) is 0.278. The van der Waals surface area contributed by atoms with Crippen molar-refractivity contribution in [1.82, 2.24) is 4.90 Å². The van der Waals surface area contributed by atoms with Crippen molar-refractivity contribution < 1.29 is 0 Å². The van der Waals surface area contributed by atoms with Crippen molar-refractivity contribution in [3.05, 3.63) is 51.8 Å². The van der Waals surface area contributed by atoms with Crippen LogP contribution < -0.4 is 0 Å². The number of thiophene rings is 1. The van der Waals surface area contributed by atoms with E-state index in [9.17, 15) is 0 Å². The van der Waals surface area contributed by atoms with Crippen LogP contribution in [0.15, 0.2) is 40.8 Å². The van der Waals surface area contributed by atoms with Gasteiger partial charge < -0.3 is 4.90 Å². The summed E-state index contributed by atoms with van der Waals surface area (Å²) in [4.78, 5) is 8.51. The minimum absolute atomic E-state index is 0.330. The topological polar surface area (TPSA) is 15.6 Å². The maximum Gasteiger partial charge on any atom is 0.102 e. The van der Waals surface area contributed by atoms with Gasteiger partial charge >= 0.3 is 0 Å². The lowest BCUT2D eigenvalue weighted by atomic mass is 9.81. The third-order valence-corrected chi connectivity index (χ3v) is 5.66. The molecule has 0 radical (unpaired) electrons. The first-order chi connectivity index (χ1) is 10.2. The Morgan fingerprint density at radius 2 is 1.95 bits per heavy atom.